The molecule has 0 N–H and O–H groups in total. The Morgan fingerprint density at radius 3 is 2.56 bits per heavy atom. The van der Waals surface area contributed by atoms with Crippen molar-refractivity contribution in [2.24, 2.45) is 0 Å². The van der Waals surface area contributed by atoms with Gasteiger partial charge in [0.15, 0.2) is 0 Å². The second kappa shape index (κ2) is 7.28. The average Bonchev–Trinajstić information content (AvgIpc) is 2.62. The number of pyridine rings is 1. The number of esters is 1. The average molecular weight is 352 g/mol. The number of hydrogen-bond donors (Lipinski definition) is 0. The molecule has 25 heavy (non-hydrogen) atoms. The number of benzene rings is 2. The minimum absolute atomic E-state index is 0.203. The highest BCUT2D eigenvalue weighted by atomic mass is 35.5. The molecule has 3 aromatic rings. The van der Waals surface area contributed by atoms with Crippen LogP contribution in [0.2, 0.25) is 5.02 Å². The van der Waals surface area contributed by atoms with Gasteiger partial charge in [0, 0.05) is 16.1 Å². The van der Waals surface area contributed by atoms with Gasteiger partial charge in [-0.3, -0.25) is 9.78 Å². The summed E-state index contributed by atoms with van der Waals surface area (Å²) in [5.41, 5.74) is 5.99. The summed E-state index contributed by atoms with van der Waals surface area (Å²) in [5.74, 6) is -0.265. The second-order valence-corrected chi connectivity index (χ2v) is 6.48. The number of halogens is 1. The molecule has 0 fully saturated rings. The van der Waals surface area contributed by atoms with Crippen molar-refractivity contribution in [1.82, 2.24) is 4.98 Å². The Bertz CT molecular complexity index is 939. The van der Waals surface area contributed by atoms with Gasteiger partial charge in [-0.05, 0) is 41.3 Å². The topological polar surface area (TPSA) is 39.2 Å². The molecular formula is C20H19BClNO2. The summed E-state index contributed by atoms with van der Waals surface area (Å²) in [6.07, 6.45) is 0.950. The summed E-state index contributed by atoms with van der Waals surface area (Å²) in [6, 6.07) is 13.9. The number of nitrogens with zero attached hydrogens (tertiary/aromatic N) is 1. The first-order valence-corrected chi connectivity index (χ1v) is 8.66. The summed E-state index contributed by atoms with van der Waals surface area (Å²) in [4.78, 5) is 16.8. The van der Waals surface area contributed by atoms with Crippen LogP contribution in [0, 0.1) is 0 Å². The van der Waals surface area contributed by atoms with E-state index in [0.29, 0.717) is 5.02 Å². The predicted octanol–water partition coefficient (Wildman–Crippen LogP) is 3.09. The summed E-state index contributed by atoms with van der Waals surface area (Å²) in [5, 5.41) is 1.72. The lowest BCUT2D eigenvalue weighted by Crippen LogP contribution is -2.11. The fraction of sp³-hybridized carbons (Fsp3) is 0.200. The fourth-order valence-electron chi connectivity index (χ4n) is 3.11. The summed E-state index contributed by atoms with van der Waals surface area (Å²) in [6.45, 7) is 2.05. The highest BCUT2D eigenvalue weighted by molar-refractivity contribution is 6.33. The van der Waals surface area contributed by atoms with E-state index >= 15 is 0 Å². The molecular weight excluding hydrogens is 332 g/mol. The number of aryl methyl sites for hydroxylation is 1. The summed E-state index contributed by atoms with van der Waals surface area (Å²) >= 11 is 6.06. The van der Waals surface area contributed by atoms with Crippen molar-refractivity contribution in [3.05, 3.63) is 58.7 Å². The van der Waals surface area contributed by atoms with E-state index in [4.69, 9.17) is 21.3 Å². The van der Waals surface area contributed by atoms with Crippen LogP contribution in [0.1, 0.15) is 18.2 Å². The van der Waals surface area contributed by atoms with Crippen LogP contribution in [-0.2, 0) is 22.4 Å². The molecule has 5 heteroatoms. The van der Waals surface area contributed by atoms with Crippen LogP contribution in [0.4, 0.5) is 0 Å². The Hall–Kier alpha value is -2.33. The lowest BCUT2D eigenvalue weighted by molar-refractivity contribution is -0.139. The molecule has 0 radical (unpaired) electrons. The van der Waals surface area contributed by atoms with Crippen LogP contribution < -0.4 is 5.46 Å². The molecule has 3 nitrogen and oxygen atoms in total. The Morgan fingerprint density at radius 1 is 1.20 bits per heavy atom. The number of rotatable bonds is 4. The van der Waals surface area contributed by atoms with Gasteiger partial charge in [-0.15, -0.1) is 0 Å². The lowest BCUT2D eigenvalue weighted by Gasteiger charge is -2.17. The number of methoxy groups -OCH3 is 1. The molecule has 126 valence electrons. The monoisotopic (exact) mass is 351 g/mol. The van der Waals surface area contributed by atoms with Crippen LogP contribution in [0.15, 0.2) is 42.5 Å². The van der Waals surface area contributed by atoms with Crippen molar-refractivity contribution in [2.45, 2.75) is 19.8 Å². The van der Waals surface area contributed by atoms with Gasteiger partial charge >= 0.3 is 5.97 Å². The summed E-state index contributed by atoms with van der Waals surface area (Å²) in [7, 11) is 3.47. The van der Waals surface area contributed by atoms with Crippen LogP contribution in [0.5, 0.6) is 0 Å². The number of hydrogen-bond acceptors (Lipinski definition) is 3. The van der Waals surface area contributed by atoms with Gasteiger partial charge < -0.3 is 4.74 Å². The molecule has 0 atom stereocenters. The molecule has 0 amide bonds. The number of fused-ring (bicyclic) bond motifs is 1. The normalized spacial score (nSPS) is 10.8. The predicted molar refractivity (Wildman–Crippen MR) is 105 cm³/mol. The van der Waals surface area contributed by atoms with E-state index in [9.17, 15) is 4.79 Å². The van der Waals surface area contributed by atoms with E-state index < -0.39 is 0 Å². The Kier molecular flexibility index (Phi) is 5.09. The molecule has 0 unspecified atom stereocenters. The van der Waals surface area contributed by atoms with Crippen LogP contribution in [0.3, 0.4) is 0 Å². The molecule has 0 aliphatic carbocycles. The van der Waals surface area contributed by atoms with Crippen LogP contribution in [-0.4, -0.2) is 25.9 Å². The van der Waals surface area contributed by atoms with Gasteiger partial charge in [-0.2, -0.15) is 0 Å². The standard InChI is InChI=1S/C20H19BClNO2/c1-3-17-16(11-19(24)25-2)20(12-4-7-14(22)8-5-12)15-10-13(21)6-9-18(15)23-17/h4-10H,3,11,21H2,1-2H3. The molecule has 0 saturated carbocycles. The van der Waals surface area contributed by atoms with E-state index in [0.717, 1.165) is 45.2 Å². The Morgan fingerprint density at radius 2 is 1.92 bits per heavy atom. The van der Waals surface area contributed by atoms with Crippen LogP contribution >= 0.6 is 11.6 Å². The van der Waals surface area contributed by atoms with E-state index in [1.54, 1.807) is 0 Å². The Balaban J connectivity index is 2.37. The molecule has 2 aromatic carbocycles. The van der Waals surface area contributed by atoms with Gasteiger partial charge in [0.05, 0.1) is 19.0 Å². The first-order chi connectivity index (χ1) is 12.0. The molecule has 1 aromatic heterocycles. The third-order valence-corrected chi connectivity index (χ3v) is 4.60. The van der Waals surface area contributed by atoms with Gasteiger partial charge in [-0.1, -0.05) is 48.3 Å². The zero-order chi connectivity index (χ0) is 18.0. The Labute approximate surface area is 153 Å². The molecule has 3 rings (SSSR count). The smallest absolute Gasteiger partial charge is 0.310 e. The maximum absolute atomic E-state index is 12.0. The molecule has 0 aliphatic heterocycles. The number of carbonyl (C=O) groups is 1. The van der Waals surface area contributed by atoms with Gasteiger partial charge in [0.25, 0.3) is 0 Å². The molecule has 0 bridgehead atoms. The van der Waals surface area contributed by atoms with Crippen molar-refractivity contribution in [3.8, 4) is 11.1 Å². The van der Waals surface area contributed by atoms with Gasteiger partial charge in [0.2, 0.25) is 0 Å². The number of carbonyl (C=O) groups excluding carboxylic acids is 1. The largest absolute Gasteiger partial charge is 0.469 e. The second-order valence-electron chi connectivity index (χ2n) is 6.05. The van der Waals surface area contributed by atoms with Crippen LogP contribution in [0.25, 0.3) is 22.0 Å². The van der Waals surface area contributed by atoms with Crippen molar-refractivity contribution in [1.29, 1.82) is 0 Å². The summed E-state index contributed by atoms with van der Waals surface area (Å²) < 4.78 is 4.91. The van der Waals surface area contributed by atoms with Crippen molar-refractivity contribution in [3.63, 3.8) is 0 Å². The molecule has 0 saturated heterocycles. The van der Waals surface area contributed by atoms with E-state index in [-0.39, 0.29) is 12.4 Å². The third-order valence-electron chi connectivity index (χ3n) is 4.34. The highest BCUT2D eigenvalue weighted by Crippen LogP contribution is 2.34. The maximum Gasteiger partial charge on any atom is 0.310 e. The van der Waals surface area contributed by atoms with Crippen molar-refractivity contribution < 1.29 is 9.53 Å². The minimum Gasteiger partial charge on any atom is -0.469 e. The number of aromatic nitrogens is 1. The quantitative estimate of drug-likeness (QED) is 0.535. The third kappa shape index (κ3) is 3.54. The molecule has 1 heterocycles. The zero-order valence-electron chi connectivity index (χ0n) is 14.6. The fourth-order valence-corrected chi connectivity index (χ4v) is 3.24. The molecule has 0 aliphatic rings. The number of ether oxygens (including phenoxy) is 1. The van der Waals surface area contributed by atoms with Crippen molar-refractivity contribution in [2.75, 3.05) is 7.11 Å². The van der Waals surface area contributed by atoms with Crippen molar-refractivity contribution >= 4 is 41.8 Å². The molecule has 0 spiro atoms. The van der Waals surface area contributed by atoms with E-state index in [2.05, 4.69) is 26.9 Å². The first-order valence-electron chi connectivity index (χ1n) is 8.28. The van der Waals surface area contributed by atoms with E-state index in [1.807, 2.05) is 30.3 Å². The first kappa shape index (κ1) is 17.5. The zero-order valence-corrected chi connectivity index (χ0v) is 15.4. The minimum atomic E-state index is -0.265. The van der Waals surface area contributed by atoms with E-state index in [1.165, 1.54) is 7.11 Å². The SMILES string of the molecule is Bc1ccc2nc(CC)c(CC(=O)OC)c(-c3ccc(Cl)cc3)c2c1. The van der Waals surface area contributed by atoms with Gasteiger partial charge in [-0.25, -0.2) is 0 Å². The maximum atomic E-state index is 12.0. The highest BCUT2D eigenvalue weighted by Gasteiger charge is 2.18. The van der Waals surface area contributed by atoms with Gasteiger partial charge in [0.1, 0.15) is 7.85 Å². The lowest BCUT2D eigenvalue weighted by atomic mass is 9.88.